The summed E-state index contributed by atoms with van der Waals surface area (Å²) in [6.45, 7) is 0. The molecular weight excluding hydrogens is 605 g/mol. The number of hydrogen-bond acceptors (Lipinski definition) is 1. The van der Waals surface area contributed by atoms with Gasteiger partial charge in [0.15, 0.2) is 0 Å². The topological polar surface area (TPSA) is 8.17 Å². The molecule has 0 N–H and O–H groups in total. The molecule has 8 aromatic carbocycles. The van der Waals surface area contributed by atoms with Gasteiger partial charge in [0.2, 0.25) is 0 Å². The van der Waals surface area contributed by atoms with Crippen molar-refractivity contribution in [3.05, 3.63) is 206 Å². The fourth-order valence-electron chi connectivity index (χ4n) is 7.30. The molecule has 2 nitrogen and oxygen atoms in total. The standard InChI is InChI=1S/C48H34N2/c1-5-17-35(18-6-1)36-29-31-44-45-32-30-37(34-48(45)50(47(44)33-36)40-23-11-4-12-24-40)41-25-13-14-26-42(41)43-27-15-16-28-46(43)49(38-19-7-2-8-20-38)39-21-9-3-10-22-39/h1-34H. The second-order valence-electron chi connectivity index (χ2n) is 12.6. The first-order chi connectivity index (χ1) is 24.8. The van der Waals surface area contributed by atoms with Crippen LogP contribution < -0.4 is 4.90 Å². The molecule has 0 fully saturated rings. The minimum Gasteiger partial charge on any atom is -0.310 e. The van der Waals surface area contributed by atoms with E-state index in [-0.39, 0.29) is 0 Å². The normalized spacial score (nSPS) is 11.2. The van der Waals surface area contributed by atoms with Gasteiger partial charge in [0.25, 0.3) is 0 Å². The summed E-state index contributed by atoms with van der Waals surface area (Å²) in [6, 6.07) is 74.0. The molecule has 9 aromatic rings. The minimum atomic E-state index is 1.12. The van der Waals surface area contributed by atoms with Gasteiger partial charge >= 0.3 is 0 Å². The van der Waals surface area contributed by atoms with Crippen molar-refractivity contribution in [2.45, 2.75) is 0 Å². The number of nitrogens with zero attached hydrogens (tertiary/aromatic N) is 2. The average Bonchev–Trinajstić information content (AvgIpc) is 3.53. The number of rotatable bonds is 7. The second-order valence-corrected chi connectivity index (χ2v) is 12.6. The summed E-state index contributed by atoms with van der Waals surface area (Å²) in [4.78, 5) is 2.35. The minimum absolute atomic E-state index is 1.12. The highest BCUT2D eigenvalue weighted by Crippen LogP contribution is 2.44. The van der Waals surface area contributed by atoms with Gasteiger partial charge in [0.1, 0.15) is 0 Å². The van der Waals surface area contributed by atoms with E-state index in [1.54, 1.807) is 0 Å². The number of aromatic nitrogens is 1. The van der Waals surface area contributed by atoms with Crippen molar-refractivity contribution in [1.29, 1.82) is 0 Å². The molecule has 0 saturated carbocycles. The fraction of sp³-hybridized carbons (Fsp3) is 0. The smallest absolute Gasteiger partial charge is 0.0547 e. The van der Waals surface area contributed by atoms with Crippen molar-refractivity contribution in [3.8, 4) is 39.1 Å². The van der Waals surface area contributed by atoms with E-state index in [1.807, 2.05) is 0 Å². The summed E-state index contributed by atoms with van der Waals surface area (Å²) >= 11 is 0. The van der Waals surface area contributed by atoms with Crippen LogP contribution in [0.25, 0.3) is 60.9 Å². The van der Waals surface area contributed by atoms with E-state index in [0.29, 0.717) is 0 Å². The van der Waals surface area contributed by atoms with E-state index in [4.69, 9.17) is 0 Å². The molecule has 50 heavy (non-hydrogen) atoms. The third-order valence-electron chi connectivity index (χ3n) is 9.59. The highest BCUT2D eigenvalue weighted by Gasteiger charge is 2.20. The van der Waals surface area contributed by atoms with Gasteiger partial charge in [-0.15, -0.1) is 0 Å². The van der Waals surface area contributed by atoms with Crippen molar-refractivity contribution in [3.63, 3.8) is 0 Å². The van der Waals surface area contributed by atoms with Crippen LogP contribution >= 0.6 is 0 Å². The van der Waals surface area contributed by atoms with Gasteiger partial charge < -0.3 is 9.47 Å². The van der Waals surface area contributed by atoms with E-state index >= 15 is 0 Å². The van der Waals surface area contributed by atoms with Crippen molar-refractivity contribution < 1.29 is 0 Å². The van der Waals surface area contributed by atoms with Crippen LogP contribution in [0, 0.1) is 0 Å². The summed E-state index contributed by atoms with van der Waals surface area (Å²) in [7, 11) is 0. The Bertz CT molecular complexity index is 2530. The lowest BCUT2D eigenvalue weighted by Crippen LogP contribution is -2.11. The fourth-order valence-corrected chi connectivity index (χ4v) is 7.30. The largest absolute Gasteiger partial charge is 0.310 e. The maximum Gasteiger partial charge on any atom is 0.0547 e. The van der Waals surface area contributed by atoms with Crippen LogP contribution in [-0.2, 0) is 0 Å². The zero-order valence-corrected chi connectivity index (χ0v) is 27.5. The molecule has 1 heterocycles. The molecule has 9 rings (SSSR count). The highest BCUT2D eigenvalue weighted by atomic mass is 15.1. The van der Waals surface area contributed by atoms with Crippen LogP contribution in [0.5, 0.6) is 0 Å². The lowest BCUT2D eigenvalue weighted by molar-refractivity contribution is 1.18. The second kappa shape index (κ2) is 12.8. The van der Waals surface area contributed by atoms with Gasteiger partial charge in [-0.1, -0.05) is 152 Å². The van der Waals surface area contributed by atoms with Crippen LogP contribution in [0.3, 0.4) is 0 Å². The predicted octanol–water partition coefficient (Wildman–Crippen LogP) is 13.3. The van der Waals surface area contributed by atoms with E-state index in [2.05, 4.69) is 216 Å². The molecule has 0 radical (unpaired) electrons. The van der Waals surface area contributed by atoms with Gasteiger partial charge in [-0.3, -0.25) is 0 Å². The molecule has 236 valence electrons. The summed E-state index contributed by atoms with van der Waals surface area (Å²) in [6.07, 6.45) is 0. The molecule has 0 aliphatic heterocycles. The van der Waals surface area contributed by atoms with Crippen LogP contribution in [0.15, 0.2) is 206 Å². The van der Waals surface area contributed by atoms with Crippen molar-refractivity contribution >= 4 is 38.9 Å². The van der Waals surface area contributed by atoms with E-state index in [1.165, 1.54) is 55.2 Å². The third kappa shape index (κ3) is 5.24. The quantitative estimate of drug-likeness (QED) is 0.169. The van der Waals surface area contributed by atoms with Gasteiger partial charge in [-0.25, -0.2) is 0 Å². The van der Waals surface area contributed by atoms with Crippen LogP contribution in [0.1, 0.15) is 0 Å². The summed E-state index contributed by atoms with van der Waals surface area (Å²) in [5.74, 6) is 0. The van der Waals surface area contributed by atoms with Crippen molar-refractivity contribution in [2.24, 2.45) is 0 Å². The first-order valence-corrected chi connectivity index (χ1v) is 17.1. The molecule has 2 heteroatoms. The maximum absolute atomic E-state index is 2.42. The number of fused-ring (bicyclic) bond motifs is 3. The zero-order valence-electron chi connectivity index (χ0n) is 27.5. The monoisotopic (exact) mass is 638 g/mol. The molecule has 0 amide bonds. The molecule has 0 atom stereocenters. The number of para-hydroxylation sites is 4. The first-order valence-electron chi connectivity index (χ1n) is 17.1. The molecular formula is C48H34N2. The van der Waals surface area contributed by atoms with Gasteiger partial charge in [-0.05, 0) is 82.4 Å². The van der Waals surface area contributed by atoms with Crippen LogP contribution in [0.2, 0.25) is 0 Å². The molecule has 0 aliphatic carbocycles. The Morgan fingerprint density at radius 1 is 0.320 bits per heavy atom. The summed E-state index contributed by atoms with van der Waals surface area (Å²) in [5, 5.41) is 2.49. The molecule has 0 aliphatic rings. The Morgan fingerprint density at radius 3 is 1.40 bits per heavy atom. The Balaban J connectivity index is 1.25. The van der Waals surface area contributed by atoms with Gasteiger partial charge in [-0.2, -0.15) is 0 Å². The van der Waals surface area contributed by atoms with Crippen molar-refractivity contribution in [2.75, 3.05) is 4.90 Å². The van der Waals surface area contributed by atoms with Gasteiger partial charge in [0.05, 0.1) is 16.7 Å². The number of benzene rings is 8. The molecule has 1 aromatic heterocycles. The maximum atomic E-state index is 2.42. The molecule has 0 bridgehead atoms. The third-order valence-corrected chi connectivity index (χ3v) is 9.59. The van der Waals surface area contributed by atoms with Crippen LogP contribution in [0.4, 0.5) is 17.1 Å². The number of hydrogen-bond donors (Lipinski definition) is 0. The van der Waals surface area contributed by atoms with Crippen LogP contribution in [-0.4, -0.2) is 4.57 Å². The predicted molar refractivity (Wildman–Crippen MR) is 212 cm³/mol. The lowest BCUT2D eigenvalue weighted by Gasteiger charge is -2.28. The first kappa shape index (κ1) is 29.5. The lowest BCUT2D eigenvalue weighted by atomic mass is 9.92. The van der Waals surface area contributed by atoms with Crippen molar-refractivity contribution in [1.82, 2.24) is 4.57 Å². The number of anilines is 3. The summed E-state index contributed by atoms with van der Waals surface area (Å²) in [5.41, 5.74) is 14.1. The van der Waals surface area contributed by atoms with Gasteiger partial charge in [0, 0.05) is 33.4 Å². The molecule has 0 spiro atoms. The highest BCUT2D eigenvalue weighted by molar-refractivity contribution is 6.11. The van der Waals surface area contributed by atoms with E-state index in [9.17, 15) is 0 Å². The average molecular weight is 639 g/mol. The molecule has 0 saturated heterocycles. The van der Waals surface area contributed by atoms with E-state index < -0.39 is 0 Å². The SMILES string of the molecule is c1ccc(-c2ccc3c4ccc(-c5ccccc5-c5ccccc5N(c5ccccc5)c5ccccc5)cc4n(-c4ccccc4)c3c2)cc1. The Morgan fingerprint density at radius 2 is 0.780 bits per heavy atom. The molecule has 0 unspecified atom stereocenters. The Labute approximate surface area is 292 Å². The Kier molecular flexibility index (Phi) is 7.53. The zero-order chi connectivity index (χ0) is 33.3. The Hall–Kier alpha value is -6.64. The van der Waals surface area contributed by atoms with E-state index in [0.717, 1.165) is 22.7 Å². The summed E-state index contributed by atoms with van der Waals surface area (Å²) < 4.78 is 2.42.